The van der Waals surface area contributed by atoms with Crippen LogP contribution >= 0.6 is 15.9 Å². The summed E-state index contributed by atoms with van der Waals surface area (Å²) in [6.45, 7) is 4.35. The first-order valence-corrected chi connectivity index (χ1v) is 6.50. The maximum atomic E-state index is 5.91. The molecule has 0 amide bonds. The maximum Gasteiger partial charge on any atom is 0.201 e. The Morgan fingerprint density at radius 3 is 3.06 bits per heavy atom. The van der Waals surface area contributed by atoms with Crippen molar-refractivity contribution in [1.29, 1.82) is 0 Å². The van der Waals surface area contributed by atoms with E-state index in [0.717, 1.165) is 41.7 Å². The summed E-state index contributed by atoms with van der Waals surface area (Å²) in [6.07, 6.45) is 0.944. The highest BCUT2D eigenvalue weighted by Crippen LogP contribution is 2.22. The second-order valence-electron chi connectivity index (χ2n) is 3.81. The molecule has 2 N–H and O–H groups in total. The lowest BCUT2D eigenvalue weighted by molar-refractivity contribution is 0.142. The molecule has 2 rings (SSSR count). The highest BCUT2D eigenvalue weighted by Gasteiger charge is 2.07. The molecule has 0 aliphatic rings. The van der Waals surface area contributed by atoms with Crippen LogP contribution in [0.15, 0.2) is 22.7 Å². The van der Waals surface area contributed by atoms with E-state index in [0.29, 0.717) is 5.95 Å². The van der Waals surface area contributed by atoms with E-state index in [-0.39, 0.29) is 0 Å². The van der Waals surface area contributed by atoms with Crippen molar-refractivity contribution < 1.29 is 4.74 Å². The Labute approximate surface area is 109 Å². The van der Waals surface area contributed by atoms with E-state index in [1.54, 1.807) is 0 Å². The first-order chi connectivity index (χ1) is 8.22. The van der Waals surface area contributed by atoms with Gasteiger partial charge in [-0.1, -0.05) is 15.9 Å². The minimum Gasteiger partial charge on any atom is -0.382 e. The molecule has 0 aliphatic carbocycles. The zero-order valence-corrected chi connectivity index (χ0v) is 11.4. The Morgan fingerprint density at radius 1 is 1.47 bits per heavy atom. The van der Waals surface area contributed by atoms with Gasteiger partial charge in [0.15, 0.2) is 0 Å². The summed E-state index contributed by atoms with van der Waals surface area (Å²) in [4.78, 5) is 4.34. The third-order valence-corrected chi connectivity index (χ3v) is 3.11. The number of imidazole rings is 1. The molecule has 0 atom stereocenters. The molecule has 2 aromatic rings. The number of nitrogen functional groups attached to an aromatic ring is 1. The number of nitrogens with two attached hydrogens (primary N) is 1. The van der Waals surface area contributed by atoms with E-state index >= 15 is 0 Å². The SMILES string of the molecule is CCOCCCn1c(N)nc2cc(Br)ccc21. The van der Waals surface area contributed by atoms with Crippen LogP contribution < -0.4 is 5.73 Å². The fourth-order valence-electron chi connectivity index (χ4n) is 1.83. The molecule has 5 heteroatoms. The maximum absolute atomic E-state index is 5.91. The second-order valence-corrected chi connectivity index (χ2v) is 4.72. The molecule has 4 nitrogen and oxygen atoms in total. The molecule has 0 saturated heterocycles. The third-order valence-electron chi connectivity index (χ3n) is 2.61. The van der Waals surface area contributed by atoms with Crippen LogP contribution in [0.2, 0.25) is 0 Å². The van der Waals surface area contributed by atoms with Gasteiger partial charge in [-0.25, -0.2) is 4.98 Å². The lowest BCUT2D eigenvalue weighted by atomic mass is 10.3. The summed E-state index contributed by atoms with van der Waals surface area (Å²) < 4.78 is 8.37. The van der Waals surface area contributed by atoms with E-state index in [2.05, 4.69) is 20.9 Å². The highest BCUT2D eigenvalue weighted by molar-refractivity contribution is 9.10. The molecule has 0 bridgehead atoms. The quantitative estimate of drug-likeness (QED) is 0.864. The van der Waals surface area contributed by atoms with E-state index in [1.807, 2.05) is 29.7 Å². The van der Waals surface area contributed by atoms with E-state index in [4.69, 9.17) is 10.5 Å². The van der Waals surface area contributed by atoms with Crippen LogP contribution in [0, 0.1) is 0 Å². The Kier molecular flexibility index (Phi) is 4.02. The summed E-state index contributed by atoms with van der Waals surface area (Å²) in [6, 6.07) is 6.01. The number of benzene rings is 1. The Balaban J connectivity index is 2.18. The van der Waals surface area contributed by atoms with Gasteiger partial charge in [0.05, 0.1) is 11.0 Å². The predicted molar refractivity (Wildman–Crippen MR) is 73.0 cm³/mol. The van der Waals surface area contributed by atoms with Gasteiger partial charge in [-0.05, 0) is 31.5 Å². The molecule has 0 saturated carbocycles. The van der Waals surface area contributed by atoms with Gasteiger partial charge in [-0.3, -0.25) is 0 Å². The monoisotopic (exact) mass is 297 g/mol. The zero-order valence-electron chi connectivity index (χ0n) is 9.82. The molecule has 0 radical (unpaired) electrons. The van der Waals surface area contributed by atoms with Crippen LogP contribution in [0.3, 0.4) is 0 Å². The smallest absolute Gasteiger partial charge is 0.201 e. The molecule has 1 aromatic heterocycles. The van der Waals surface area contributed by atoms with Crippen molar-refractivity contribution in [2.75, 3.05) is 18.9 Å². The number of halogens is 1. The first-order valence-electron chi connectivity index (χ1n) is 5.71. The topological polar surface area (TPSA) is 53.1 Å². The van der Waals surface area contributed by atoms with Crippen molar-refractivity contribution in [2.24, 2.45) is 0 Å². The molecule has 1 heterocycles. The molecule has 0 fully saturated rings. The largest absolute Gasteiger partial charge is 0.382 e. The van der Waals surface area contributed by atoms with E-state index < -0.39 is 0 Å². The van der Waals surface area contributed by atoms with Crippen molar-refractivity contribution in [1.82, 2.24) is 9.55 Å². The summed E-state index contributed by atoms with van der Waals surface area (Å²) in [5.74, 6) is 0.564. The second kappa shape index (κ2) is 5.51. The van der Waals surface area contributed by atoms with Crippen LogP contribution in [-0.2, 0) is 11.3 Å². The van der Waals surface area contributed by atoms with Gasteiger partial charge in [0.1, 0.15) is 0 Å². The molecule has 17 heavy (non-hydrogen) atoms. The van der Waals surface area contributed by atoms with Crippen LogP contribution in [0.25, 0.3) is 11.0 Å². The third kappa shape index (κ3) is 2.79. The van der Waals surface area contributed by atoms with Crippen LogP contribution in [0.4, 0.5) is 5.95 Å². The Hall–Kier alpha value is -1.07. The molecule has 1 aromatic carbocycles. The van der Waals surface area contributed by atoms with Crippen LogP contribution in [-0.4, -0.2) is 22.8 Å². The molecule has 92 valence electrons. The number of aromatic nitrogens is 2. The predicted octanol–water partition coefficient (Wildman–Crippen LogP) is 2.81. The number of nitrogens with zero attached hydrogens (tertiary/aromatic N) is 2. The zero-order chi connectivity index (χ0) is 12.3. The fraction of sp³-hybridized carbons (Fsp3) is 0.417. The first kappa shape index (κ1) is 12.4. The lowest BCUT2D eigenvalue weighted by Gasteiger charge is -2.06. The molecule has 0 aliphatic heterocycles. The average molecular weight is 298 g/mol. The molecule has 0 spiro atoms. The van der Waals surface area contributed by atoms with Crippen molar-refractivity contribution >= 4 is 32.9 Å². The summed E-state index contributed by atoms with van der Waals surface area (Å²) in [7, 11) is 0. The standard InChI is InChI=1S/C12H16BrN3O/c1-2-17-7-3-6-16-11-5-4-9(13)8-10(11)15-12(16)14/h4-5,8H,2-3,6-7H2,1H3,(H2,14,15). The Morgan fingerprint density at radius 2 is 2.29 bits per heavy atom. The lowest BCUT2D eigenvalue weighted by Crippen LogP contribution is -2.06. The van der Waals surface area contributed by atoms with E-state index in [9.17, 15) is 0 Å². The molecule has 0 unspecified atom stereocenters. The Bertz CT molecular complexity index is 510. The van der Waals surface area contributed by atoms with Gasteiger partial charge in [0.25, 0.3) is 0 Å². The van der Waals surface area contributed by atoms with Gasteiger partial charge in [0, 0.05) is 24.2 Å². The average Bonchev–Trinajstić information content (AvgIpc) is 2.60. The van der Waals surface area contributed by atoms with E-state index in [1.165, 1.54) is 0 Å². The summed E-state index contributed by atoms with van der Waals surface area (Å²) >= 11 is 3.43. The van der Waals surface area contributed by atoms with Gasteiger partial charge in [-0.2, -0.15) is 0 Å². The van der Waals surface area contributed by atoms with Crippen LogP contribution in [0.5, 0.6) is 0 Å². The number of anilines is 1. The fourth-order valence-corrected chi connectivity index (χ4v) is 2.17. The summed E-state index contributed by atoms with van der Waals surface area (Å²) in [5, 5.41) is 0. The summed E-state index contributed by atoms with van der Waals surface area (Å²) in [5.41, 5.74) is 7.91. The number of fused-ring (bicyclic) bond motifs is 1. The van der Waals surface area contributed by atoms with Crippen molar-refractivity contribution in [2.45, 2.75) is 19.9 Å². The van der Waals surface area contributed by atoms with Crippen molar-refractivity contribution in [3.8, 4) is 0 Å². The van der Waals surface area contributed by atoms with Gasteiger partial charge in [-0.15, -0.1) is 0 Å². The van der Waals surface area contributed by atoms with Gasteiger partial charge < -0.3 is 15.0 Å². The number of rotatable bonds is 5. The number of aryl methyl sites for hydroxylation is 1. The number of hydrogen-bond acceptors (Lipinski definition) is 3. The number of hydrogen-bond donors (Lipinski definition) is 1. The molecular formula is C12H16BrN3O. The normalized spacial score (nSPS) is 11.2. The minimum atomic E-state index is 0.564. The van der Waals surface area contributed by atoms with Gasteiger partial charge >= 0.3 is 0 Å². The van der Waals surface area contributed by atoms with Crippen molar-refractivity contribution in [3.63, 3.8) is 0 Å². The highest BCUT2D eigenvalue weighted by atomic mass is 79.9. The van der Waals surface area contributed by atoms with Crippen molar-refractivity contribution in [3.05, 3.63) is 22.7 Å². The number of ether oxygens (including phenoxy) is 1. The van der Waals surface area contributed by atoms with Crippen LogP contribution in [0.1, 0.15) is 13.3 Å². The van der Waals surface area contributed by atoms with Gasteiger partial charge in [0.2, 0.25) is 5.95 Å². The molecular weight excluding hydrogens is 282 g/mol. The minimum absolute atomic E-state index is 0.564.